The molecule has 0 atom stereocenters. The van der Waals surface area contributed by atoms with Crippen molar-refractivity contribution in [1.29, 1.82) is 0 Å². The van der Waals surface area contributed by atoms with E-state index < -0.39 is 11.6 Å². The lowest BCUT2D eigenvalue weighted by Crippen LogP contribution is -2.49. The van der Waals surface area contributed by atoms with E-state index in [1.165, 1.54) is 22.7 Å². The van der Waals surface area contributed by atoms with E-state index in [0.29, 0.717) is 17.3 Å². The topological polar surface area (TPSA) is 75.2 Å². The third-order valence-corrected chi connectivity index (χ3v) is 4.64. The number of aldehydes is 1. The molecule has 1 heterocycles. The molecule has 0 unspecified atom stereocenters. The van der Waals surface area contributed by atoms with Crippen LogP contribution in [0.4, 0.5) is 9.93 Å². The molecular weight excluding hydrogens is 288 g/mol. The number of aromatic nitrogens is 2. The maximum Gasteiger partial charge on any atom is 0.325 e. The molecule has 1 aromatic rings. The fraction of sp³-hybridized carbons (Fsp3) is 0.571. The second kappa shape index (κ2) is 6.22. The van der Waals surface area contributed by atoms with Crippen LogP contribution in [0.3, 0.4) is 0 Å². The van der Waals surface area contributed by atoms with E-state index in [-0.39, 0.29) is 6.54 Å². The highest BCUT2D eigenvalue weighted by Gasteiger charge is 2.30. The summed E-state index contributed by atoms with van der Waals surface area (Å²) in [4.78, 5) is 24.3. The van der Waals surface area contributed by atoms with Crippen molar-refractivity contribution < 1.29 is 9.59 Å². The highest BCUT2D eigenvalue weighted by Crippen LogP contribution is 2.38. The van der Waals surface area contributed by atoms with Crippen LogP contribution >= 0.6 is 11.3 Å². The van der Waals surface area contributed by atoms with Crippen LogP contribution in [0.5, 0.6) is 0 Å². The third kappa shape index (κ3) is 3.39. The molecule has 21 heavy (non-hydrogen) atoms. The minimum absolute atomic E-state index is 0.0721. The number of nitrogens with zero attached hydrogens (tertiary/aromatic N) is 3. The summed E-state index contributed by atoms with van der Waals surface area (Å²) in [5.41, 5.74) is -0.855. The minimum atomic E-state index is -0.855. The smallest absolute Gasteiger partial charge is 0.301 e. The van der Waals surface area contributed by atoms with Gasteiger partial charge >= 0.3 is 6.03 Å². The summed E-state index contributed by atoms with van der Waals surface area (Å²) in [5.74, 6) is 2.98. The Morgan fingerprint density at radius 1 is 1.57 bits per heavy atom. The summed E-state index contributed by atoms with van der Waals surface area (Å²) in [6.45, 7) is 3.34. The van der Waals surface area contributed by atoms with Crippen LogP contribution in [0.2, 0.25) is 0 Å². The maximum absolute atomic E-state index is 12.3. The van der Waals surface area contributed by atoms with Crippen LogP contribution in [0.15, 0.2) is 0 Å². The Morgan fingerprint density at radius 3 is 2.81 bits per heavy atom. The Kier molecular flexibility index (Phi) is 4.58. The van der Waals surface area contributed by atoms with Gasteiger partial charge < -0.3 is 9.69 Å². The standard InChI is InChI=1S/C14H18N4O2S/c1-4-14(2,3)18(8-9-19)13(20)15-12-17-16-11(21-12)10-6-5-7-10/h1,9-10H,5-8H2,2-3H3,(H,15,17,20). The summed E-state index contributed by atoms with van der Waals surface area (Å²) in [5, 5.41) is 12.1. The molecule has 0 aromatic carbocycles. The summed E-state index contributed by atoms with van der Waals surface area (Å²) in [7, 11) is 0. The van der Waals surface area contributed by atoms with Gasteiger partial charge in [0.05, 0.1) is 6.54 Å². The number of anilines is 1. The number of amides is 2. The number of rotatable bonds is 5. The van der Waals surface area contributed by atoms with Gasteiger partial charge in [0.25, 0.3) is 0 Å². The van der Waals surface area contributed by atoms with Crippen LogP contribution in [0, 0.1) is 12.3 Å². The van der Waals surface area contributed by atoms with Gasteiger partial charge in [0, 0.05) is 5.92 Å². The zero-order valence-electron chi connectivity index (χ0n) is 12.1. The van der Waals surface area contributed by atoms with Crippen molar-refractivity contribution in [1.82, 2.24) is 15.1 Å². The molecule has 1 aromatic heterocycles. The second-order valence-electron chi connectivity index (χ2n) is 5.48. The Hall–Kier alpha value is -1.94. The van der Waals surface area contributed by atoms with Crippen LogP contribution in [-0.4, -0.2) is 39.5 Å². The van der Waals surface area contributed by atoms with Gasteiger partial charge in [0.2, 0.25) is 5.13 Å². The SMILES string of the molecule is C#CC(C)(C)N(CC=O)C(=O)Nc1nnc(C2CCC2)s1. The lowest BCUT2D eigenvalue weighted by molar-refractivity contribution is -0.108. The first-order chi connectivity index (χ1) is 9.97. The molecule has 2 rings (SSSR count). The molecular formula is C14H18N4O2S. The van der Waals surface area contributed by atoms with E-state index >= 15 is 0 Å². The zero-order chi connectivity index (χ0) is 15.5. The van der Waals surface area contributed by atoms with Gasteiger partial charge in [0.1, 0.15) is 16.8 Å². The molecule has 1 fully saturated rings. The van der Waals surface area contributed by atoms with E-state index in [4.69, 9.17) is 6.42 Å². The molecule has 6 nitrogen and oxygen atoms in total. The van der Waals surface area contributed by atoms with E-state index in [9.17, 15) is 9.59 Å². The molecule has 1 saturated carbocycles. The van der Waals surface area contributed by atoms with Gasteiger partial charge in [-0.1, -0.05) is 23.7 Å². The number of hydrogen-bond donors (Lipinski definition) is 1. The number of urea groups is 1. The fourth-order valence-corrected chi connectivity index (χ4v) is 2.88. The quantitative estimate of drug-likeness (QED) is 0.669. The van der Waals surface area contributed by atoms with Crippen molar-refractivity contribution in [3.63, 3.8) is 0 Å². The molecule has 7 heteroatoms. The van der Waals surface area contributed by atoms with Crippen LogP contribution in [-0.2, 0) is 4.79 Å². The van der Waals surface area contributed by atoms with Crippen molar-refractivity contribution in [2.45, 2.75) is 44.6 Å². The first-order valence-electron chi connectivity index (χ1n) is 6.81. The van der Waals surface area contributed by atoms with Crippen LogP contribution < -0.4 is 5.32 Å². The highest BCUT2D eigenvalue weighted by molar-refractivity contribution is 7.15. The number of nitrogens with one attached hydrogen (secondary N) is 1. The molecule has 0 aliphatic heterocycles. The van der Waals surface area contributed by atoms with Crippen molar-refractivity contribution in [2.24, 2.45) is 0 Å². The normalized spacial score (nSPS) is 14.9. The van der Waals surface area contributed by atoms with Gasteiger partial charge in [-0.15, -0.1) is 16.6 Å². The first-order valence-corrected chi connectivity index (χ1v) is 7.63. The summed E-state index contributed by atoms with van der Waals surface area (Å²) in [6, 6.07) is -0.443. The maximum atomic E-state index is 12.3. The molecule has 1 aliphatic carbocycles. The number of carbonyl (C=O) groups is 2. The fourth-order valence-electron chi connectivity index (χ4n) is 1.98. The van der Waals surface area contributed by atoms with Gasteiger partial charge in [0.15, 0.2) is 0 Å². The predicted octanol–water partition coefficient (Wildman–Crippen LogP) is 2.25. The lowest BCUT2D eigenvalue weighted by atomic mass is 9.86. The molecule has 112 valence electrons. The average Bonchev–Trinajstić information content (AvgIpc) is 2.81. The van der Waals surface area contributed by atoms with Crippen molar-refractivity contribution in [3.8, 4) is 12.3 Å². The zero-order valence-corrected chi connectivity index (χ0v) is 12.9. The van der Waals surface area contributed by atoms with Crippen molar-refractivity contribution in [3.05, 3.63) is 5.01 Å². The van der Waals surface area contributed by atoms with Crippen LogP contribution in [0.1, 0.15) is 44.0 Å². The average molecular weight is 306 g/mol. The molecule has 0 spiro atoms. The molecule has 1 N–H and O–H groups in total. The van der Waals surface area contributed by atoms with Gasteiger partial charge in [-0.25, -0.2) is 4.79 Å². The predicted molar refractivity (Wildman–Crippen MR) is 81.2 cm³/mol. The van der Waals surface area contributed by atoms with Crippen molar-refractivity contribution >= 4 is 28.8 Å². The van der Waals surface area contributed by atoms with Gasteiger partial charge in [-0.05, 0) is 26.7 Å². The van der Waals surface area contributed by atoms with Crippen molar-refractivity contribution in [2.75, 3.05) is 11.9 Å². The number of terminal acetylenes is 1. The summed E-state index contributed by atoms with van der Waals surface area (Å²) >= 11 is 1.38. The Balaban J connectivity index is 2.06. The van der Waals surface area contributed by atoms with E-state index in [1.54, 1.807) is 13.8 Å². The molecule has 0 saturated heterocycles. The highest BCUT2D eigenvalue weighted by atomic mass is 32.1. The molecule has 1 aliphatic rings. The summed E-state index contributed by atoms with van der Waals surface area (Å²) in [6.07, 6.45) is 9.55. The third-order valence-electron chi connectivity index (χ3n) is 3.64. The van der Waals surface area contributed by atoms with E-state index in [1.807, 2.05) is 0 Å². The number of hydrogen-bond acceptors (Lipinski definition) is 5. The minimum Gasteiger partial charge on any atom is -0.301 e. The first kappa shape index (κ1) is 15.4. The Morgan fingerprint density at radius 2 is 2.29 bits per heavy atom. The van der Waals surface area contributed by atoms with E-state index in [2.05, 4.69) is 21.4 Å². The van der Waals surface area contributed by atoms with Gasteiger partial charge in [-0.2, -0.15) is 0 Å². The van der Waals surface area contributed by atoms with Gasteiger partial charge in [-0.3, -0.25) is 5.32 Å². The van der Waals surface area contributed by atoms with Crippen LogP contribution in [0.25, 0.3) is 0 Å². The number of carbonyl (C=O) groups excluding carboxylic acids is 2. The molecule has 0 bridgehead atoms. The molecule has 2 amide bonds. The largest absolute Gasteiger partial charge is 0.325 e. The lowest BCUT2D eigenvalue weighted by Gasteiger charge is -2.32. The second-order valence-corrected chi connectivity index (χ2v) is 6.49. The van der Waals surface area contributed by atoms with E-state index in [0.717, 1.165) is 17.8 Å². The molecule has 0 radical (unpaired) electrons. The monoisotopic (exact) mass is 306 g/mol. The summed E-state index contributed by atoms with van der Waals surface area (Å²) < 4.78 is 0. The Bertz CT molecular complexity index is 572. The Labute approximate surface area is 127 Å².